The number of hydrogen-bond donors (Lipinski definition) is 0. The fourth-order valence-corrected chi connectivity index (χ4v) is 2.02. The van der Waals surface area contributed by atoms with Crippen molar-refractivity contribution in [2.75, 3.05) is 19.0 Å². The number of rotatable bonds is 4. The van der Waals surface area contributed by atoms with Gasteiger partial charge in [0.15, 0.2) is 5.82 Å². The van der Waals surface area contributed by atoms with Crippen LogP contribution in [0.25, 0.3) is 11.4 Å². The molecule has 1 aromatic heterocycles. The number of aromatic nitrogens is 3. The Morgan fingerprint density at radius 2 is 1.79 bits per heavy atom. The summed E-state index contributed by atoms with van der Waals surface area (Å²) < 4.78 is 1.92. The molecule has 0 amide bonds. The number of benzene rings is 1. The molecule has 0 fully saturated rings. The van der Waals surface area contributed by atoms with Crippen LogP contribution in [0.5, 0.6) is 0 Å². The topological polar surface area (TPSA) is 34.0 Å². The van der Waals surface area contributed by atoms with Crippen LogP contribution < -0.4 is 4.90 Å². The van der Waals surface area contributed by atoms with Crippen LogP contribution in [0.1, 0.15) is 32.3 Å². The van der Waals surface area contributed by atoms with E-state index in [0.29, 0.717) is 5.92 Å². The van der Waals surface area contributed by atoms with E-state index in [-0.39, 0.29) is 0 Å². The lowest BCUT2D eigenvalue weighted by Gasteiger charge is -2.10. The summed E-state index contributed by atoms with van der Waals surface area (Å²) in [4.78, 5) is 6.59. The van der Waals surface area contributed by atoms with E-state index in [0.717, 1.165) is 23.9 Å². The van der Waals surface area contributed by atoms with Crippen LogP contribution >= 0.6 is 0 Å². The first kappa shape index (κ1) is 13.6. The van der Waals surface area contributed by atoms with Gasteiger partial charge in [0.25, 0.3) is 0 Å². The molecule has 0 aliphatic heterocycles. The minimum atomic E-state index is 0.549. The van der Waals surface area contributed by atoms with E-state index in [9.17, 15) is 0 Å². The molecule has 0 atom stereocenters. The second-order valence-electron chi connectivity index (χ2n) is 5.22. The SMILES string of the molecule is CCn1nc(-c2ccc(C(C)C)cc2)nc1N(C)C. The maximum atomic E-state index is 4.60. The summed E-state index contributed by atoms with van der Waals surface area (Å²) in [5, 5.41) is 4.56. The van der Waals surface area contributed by atoms with Crippen LogP contribution in [0.15, 0.2) is 24.3 Å². The maximum absolute atomic E-state index is 4.60. The first-order valence-corrected chi connectivity index (χ1v) is 6.75. The smallest absolute Gasteiger partial charge is 0.223 e. The van der Waals surface area contributed by atoms with E-state index in [1.54, 1.807) is 0 Å². The van der Waals surface area contributed by atoms with Gasteiger partial charge in [-0.1, -0.05) is 38.1 Å². The van der Waals surface area contributed by atoms with Crippen LogP contribution in [0.4, 0.5) is 5.95 Å². The van der Waals surface area contributed by atoms with Gasteiger partial charge in [-0.25, -0.2) is 4.68 Å². The van der Waals surface area contributed by atoms with Gasteiger partial charge in [-0.2, -0.15) is 4.98 Å². The highest BCUT2D eigenvalue weighted by Gasteiger charge is 2.12. The van der Waals surface area contributed by atoms with Crippen molar-refractivity contribution < 1.29 is 0 Å². The average Bonchev–Trinajstić information content (AvgIpc) is 2.83. The number of nitrogens with zero attached hydrogens (tertiary/aromatic N) is 4. The molecule has 0 saturated carbocycles. The molecule has 1 aromatic carbocycles. The molecular weight excluding hydrogens is 236 g/mol. The van der Waals surface area contributed by atoms with Crippen molar-refractivity contribution >= 4 is 5.95 Å². The van der Waals surface area contributed by atoms with Gasteiger partial charge in [0.05, 0.1) is 0 Å². The fraction of sp³-hybridized carbons (Fsp3) is 0.467. The molecule has 4 heteroatoms. The lowest BCUT2D eigenvalue weighted by molar-refractivity contribution is 0.654. The summed E-state index contributed by atoms with van der Waals surface area (Å²) >= 11 is 0. The van der Waals surface area contributed by atoms with Gasteiger partial charge in [0, 0.05) is 26.2 Å². The Kier molecular flexibility index (Phi) is 3.88. The van der Waals surface area contributed by atoms with Crippen molar-refractivity contribution in [1.82, 2.24) is 14.8 Å². The molecule has 0 radical (unpaired) electrons. The molecule has 0 spiro atoms. The predicted octanol–water partition coefficient (Wildman–Crippen LogP) is 3.15. The van der Waals surface area contributed by atoms with Crippen LogP contribution in [0.3, 0.4) is 0 Å². The van der Waals surface area contributed by atoms with Crippen molar-refractivity contribution in [2.45, 2.75) is 33.2 Å². The molecule has 0 unspecified atom stereocenters. The second kappa shape index (κ2) is 5.43. The number of aryl methyl sites for hydroxylation is 1. The standard InChI is InChI=1S/C15H22N4/c1-6-19-15(18(4)5)16-14(17-19)13-9-7-12(8-10-13)11(2)3/h7-11H,6H2,1-5H3. The van der Waals surface area contributed by atoms with Crippen molar-refractivity contribution in [2.24, 2.45) is 0 Å². The third-order valence-electron chi connectivity index (χ3n) is 3.19. The number of hydrogen-bond acceptors (Lipinski definition) is 3. The molecule has 102 valence electrons. The Labute approximate surface area is 115 Å². The molecule has 2 aromatic rings. The Bertz CT molecular complexity index is 538. The van der Waals surface area contributed by atoms with Crippen LogP contribution in [0, 0.1) is 0 Å². The Morgan fingerprint density at radius 3 is 2.21 bits per heavy atom. The quantitative estimate of drug-likeness (QED) is 0.844. The summed E-state index contributed by atoms with van der Waals surface area (Å²) in [6.07, 6.45) is 0. The molecule has 0 aliphatic rings. The third-order valence-corrected chi connectivity index (χ3v) is 3.19. The lowest BCUT2D eigenvalue weighted by atomic mass is 10.0. The van der Waals surface area contributed by atoms with E-state index in [2.05, 4.69) is 55.1 Å². The van der Waals surface area contributed by atoms with E-state index in [4.69, 9.17) is 0 Å². The molecule has 0 saturated heterocycles. The van der Waals surface area contributed by atoms with Crippen molar-refractivity contribution in [3.63, 3.8) is 0 Å². The fourth-order valence-electron chi connectivity index (χ4n) is 2.02. The summed E-state index contributed by atoms with van der Waals surface area (Å²) in [5.41, 5.74) is 2.41. The second-order valence-corrected chi connectivity index (χ2v) is 5.22. The van der Waals surface area contributed by atoms with Crippen LogP contribution in [-0.2, 0) is 6.54 Å². The summed E-state index contributed by atoms with van der Waals surface area (Å²) in [5.74, 6) is 2.24. The van der Waals surface area contributed by atoms with Crippen molar-refractivity contribution in [3.05, 3.63) is 29.8 Å². The zero-order valence-corrected chi connectivity index (χ0v) is 12.4. The van der Waals surface area contributed by atoms with Crippen LogP contribution in [-0.4, -0.2) is 28.9 Å². The highest BCUT2D eigenvalue weighted by atomic mass is 15.4. The largest absolute Gasteiger partial charge is 0.347 e. The highest BCUT2D eigenvalue weighted by molar-refractivity contribution is 5.57. The van der Waals surface area contributed by atoms with Gasteiger partial charge in [-0.3, -0.25) is 0 Å². The Hall–Kier alpha value is -1.84. The van der Waals surface area contributed by atoms with E-state index < -0.39 is 0 Å². The van der Waals surface area contributed by atoms with Crippen molar-refractivity contribution in [3.8, 4) is 11.4 Å². The minimum Gasteiger partial charge on any atom is -0.347 e. The molecular formula is C15H22N4. The molecule has 1 heterocycles. The van der Waals surface area contributed by atoms with E-state index in [1.165, 1.54) is 5.56 Å². The molecule has 4 nitrogen and oxygen atoms in total. The zero-order valence-electron chi connectivity index (χ0n) is 12.4. The predicted molar refractivity (Wildman–Crippen MR) is 79.5 cm³/mol. The van der Waals surface area contributed by atoms with E-state index >= 15 is 0 Å². The summed E-state index contributed by atoms with van der Waals surface area (Å²) in [6.45, 7) is 7.30. The van der Waals surface area contributed by atoms with Crippen molar-refractivity contribution in [1.29, 1.82) is 0 Å². The highest BCUT2D eigenvalue weighted by Crippen LogP contribution is 2.22. The molecule has 0 aliphatic carbocycles. The Morgan fingerprint density at radius 1 is 1.16 bits per heavy atom. The van der Waals surface area contributed by atoms with Gasteiger partial charge in [-0.15, -0.1) is 5.10 Å². The molecule has 0 N–H and O–H groups in total. The van der Waals surface area contributed by atoms with Gasteiger partial charge in [0.2, 0.25) is 5.95 Å². The molecule has 0 bridgehead atoms. The average molecular weight is 258 g/mol. The summed E-state index contributed by atoms with van der Waals surface area (Å²) in [7, 11) is 3.98. The number of anilines is 1. The Balaban J connectivity index is 2.36. The first-order valence-electron chi connectivity index (χ1n) is 6.75. The monoisotopic (exact) mass is 258 g/mol. The van der Waals surface area contributed by atoms with Gasteiger partial charge in [0.1, 0.15) is 0 Å². The van der Waals surface area contributed by atoms with Gasteiger partial charge >= 0.3 is 0 Å². The van der Waals surface area contributed by atoms with Crippen LogP contribution in [0.2, 0.25) is 0 Å². The zero-order chi connectivity index (χ0) is 14.0. The molecule has 2 rings (SSSR count). The molecule has 19 heavy (non-hydrogen) atoms. The first-order chi connectivity index (χ1) is 9.02. The normalized spacial score (nSPS) is 11.1. The van der Waals surface area contributed by atoms with E-state index in [1.807, 2.05) is 23.7 Å². The summed E-state index contributed by atoms with van der Waals surface area (Å²) in [6, 6.07) is 8.51. The van der Waals surface area contributed by atoms with Gasteiger partial charge < -0.3 is 4.90 Å². The van der Waals surface area contributed by atoms with Gasteiger partial charge in [-0.05, 0) is 18.4 Å². The lowest BCUT2D eigenvalue weighted by Crippen LogP contribution is -2.15. The maximum Gasteiger partial charge on any atom is 0.223 e. The third kappa shape index (κ3) is 2.78. The minimum absolute atomic E-state index is 0.549.